The molecule has 1 saturated carbocycles. The third-order valence-corrected chi connectivity index (χ3v) is 5.43. The van der Waals surface area contributed by atoms with Crippen molar-refractivity contribution in [2.75, 3.05) is 0 Å². The van der Waals surface area contributed by atoms with E-state index < -0.39 is 17.7 Å². The Hall–Kier alpha value is -1.88. The van der Waals surface area contributed by atoms with Crippen LogP contribution >= 0.6 is 0 Å². The van der Waals surface area contributed by atoms with Gasteiger partial charge in [-0.05, 0) is 51.8 Å². The fourth-order valence-corrected chi connectivity index (χ4v) is 3.81. The van der Waals surface area contributed by atoms with Gasteiger partial charge in [-0.25, -0.2) is 0 Å². The van der Waals surface area contributed by atoms with Gasteiger partial charge < -0.3 is 15.2 Å². The van der Waals surface area contributed by atoms with Crippen molar-refractivity contribution in [3.63, 3.8) is 0 Å². The molecule has 0 unspecified atom stereocenters. The zero-order valence-corrected chi connectivity index (χ0v) is 15.2. The molecule has 0 radical (unpaired) electrons. The Morgan fingerprint density at radius 1 is 1.20 bits per heavy atom. The Labute approximate surface area is 148 Å². The Balaban J connectivity index is 1.91. The van der Waals surface area contributed by atoms with Crippen LogP contribution in [-0.2, 0) is 4.79 Å². The van der Waals surface area contributed by atoms with E-state index in [1.54, 1.807) is 32.0 Å². The van der Waals surface area contributed by atoms with Crippen LogP contribution in [0.5, 0.6) is 5.75 Å². The Kier molecular flexibility index (Phi) is 4.87. The zero-order chi connectivity index (χ0) is 18.2. The predicted molar refractivity (Wildman–Crippen MR) is 94.6 cm³/mol. The SMILES string of the molecule is CC(=O)c1ccc2c(c1)[C@H](NC(=O)C1CCCCC1)[C@@H](O)C(C)(C)O2. The average molecular weight is 345 g/mol. The van der Waals surface area contributed by atoms with E-state index in [0.717, 1.165) is 25.7 Å². The summed E-state index contributed by atoms with van der Waals surface area (Å²) >= 11 is 0. The molecule has 1 fully saturated rings. The molecular formula is C20H27NO4. The summed E-state index contributed by atoms with van der Waals surface area (Å²) in [4.78, 5) is 24.4. The van der Waals surface area contributed by atoms with E-state index in [9.17, 15) is 14.7 Å². The highest BCUT2D eigenvalue weighted by Gasteiger charge is 2.44. The smallest absolute Gasteiger partial charge is 0.223 e. The van der Waals surface area contributed by atoms with Crippen LogP contribution in [0, 0.1) is 5.92 Å². The zero-order valence-electron chi connectivity index (χ0n) is 15.2. The Morgan fingerprint density at radius 2 is 1.88 bits per heavy atom. The fourth-order valence-electron chi connectivity index (χ4n) is 3.81. The van der Waals surface area contributed by atoms with Crippen LogP contribution in [0.2, 0.25) is 0 Å². The summed E-state index contributed by atoms with van der Waals surface area (Å²) < 4.78 is 5.91. The van der Waals surface area contributed by atoms with Crippen molar-refractivity contribution >= 4 is 11.7 Å². The maximum Gasteiger partial charge on any atom is 0.223 e. The van der Waals surface area contributed by atoms with Gasteiger partial charge in [0, 0.05) is 17.0 Å². The lowest BCUT2D eigenvalue weighted by Gasteiger charge is -2.42. The molecular weight excluding hydrogens is 318 g/mol. The van der Waals surface area contributed by atoms with Gasteiger partial charge >= 0.3 is 0 Å². The molecule has 1 aliphatic heterocycles. The largest absolute Gasteiger partial charge is 0.485 e. The number of aliphatic hydroxyl groups is 1. The highest BCUT2D eigenvalue weighted by Crippen LogP contribution is 2.40. The summed E-state index contributed by atoms with van der Waals surface area (Å²) in [6.45, 7) is 5.11. The number of carbonyl (C=O) groups excluding carboxylic acids is 2. The highest BCUT2D eigenvalue weighted by molar-refractivity contribution is 5.94. The first-order chi connectivity index (χ1) is 11.8. The lowest BCUT2D eigenvalue weighted by Crippen LogP contribution is -2.54. The number of rotatable bonds is 3. The summed E-state index contributed by atoms with van der Waals surface area (Å²) in [5.74, 6) is 0.542. The van der Waals surface area contributed by atoms with Crippen LogP contribution in [0.3, 0.4) is 0 Å². The third kappa shape index (κ3) is 3.56. The molecule has 2 N–H and O–H groups in total. The van der Waals surface area contributed by atoms with Gasteiger partial charge in [0.1, 0.15) is 17.5 Å². The molecule has 0 spiro atoms. The van der Waals surface area contributed by atoms with E-state index in [-0.39, 0.29) is 17.6 Å². The van der Waals surface area contributed by atoms with Gasteiger partial charge in [0.2, 0.25) is 5.91 Å². The molecule has 136 valence electrons. The second kappa shape index (κ2) is 6.79. The van der Waals surface area contributed by atoms with E-state index in [1.165, 1.54) is 13.3 Å². The normalized spacial score (nSPS) is 25.6. The molecule has 1 aliphatic carbocycles. The summed E-state index contributed by atoms with van der Waals surface area (Å²) in [6.07, 6.45) is 4.23. The third-order valence-electron chi connectivity index (χ3n) is 5.43. The molecule has 0 aromatic heterocycles. The lowest BCUT2D eigenvalue weighted by molar-refractivity contribution is -0.130. The van der Waals surface area contributed by atoms with Crippen LogP contribution in [0.25, 0.3) is 0 Å². The topological polar surface area (TPSA) is 75.6 Å². The summed E-state index contributed by atoms with van der Waals surface area (Å²) in [6, 6.07) is 4.61. The lowest BCUT2D eigenvalue weighted by atomic mass is 9.84. The van der Waals surface area contributed by atoms with Crippen molar-refractivity contribution in [1.29, 1.82) is 0 Å². The molecule has 5 nitrogen and oxygen atoms in total. The minimum Gasteiger partial charge on any atom is -0.485 e. The van der Waals surface area contributed by atoms with Crippen LogP contribution in [0.1, 0.15) is 74.8 Å². The van der Waals surface area contributed by atoms with Gasteiger partial charge in [-0.2, -0.15) is 0 Å². The van der Waals surface area contributed by atoms with E-state index in [1.807, 2.05) is 0 Å². The number of ketones is 1. The van der Waals surface area contributed by atoms with Gasteiger partial charge in [-0.1, -0.05) is 19.3 Å². The van der Waals surface area contributed by atoms with Crippen molar-refractivity contribution in [3.8, 4) is 5.75 Å². The molecule has 0 saturated heterocycles. The van der Waals surface area contributed by atoms with Gasteiger partial charge in [0.15, 0.2) is 5.78 Å². The minimum atomic E-state index is -0.894. The number of ether oxygens (including phenoxy) is 1. The number of benzene rings is 1. The first-order valence-electron chi connectivity index (χ1n) is 9.12. The number of hydrogen-bond acceptors (Lipinski definition) is 4. The molecule has 1 aromatic rings. The van der Waals surface area contributed by atoms with Crippen molar-refractivity contribution in [2.45, 2.75) is 70.6 Å². The number of aliphatic hydroxyl groups excluding tert-OH is 1. The van der Waals surface area contributed by atoms with E-state index >= 15 is 0 Å². The first-order valence-corrected chi connectivity index (χ1v) is 9.12. The maximum atomic E-state index is 12.7. The molecule has 2 aliphatic rings. The van der Waals surface area contributed by atoms with Gasteiger partial charge in [-0.15, -0.1) is 0 Å². The predicted octanol–water partition coefficient (Wildman–Crippen LogP) is 3.16. The number of fused-ring (bicyclic) bond motifs is 1. The Bertz CT molecular complexity index is 676. The number of Topliss-reactive ketones (excluding diaryl/α,β-unsaturated/α-hetero) is 1. The number of nitrogens with one attached hydrogen (secondary N) is 1. The van der Waals surface area contributed by atoms with Crippen molar-refractivity contribution < 1.29 is 19.4 Å². The number of hydrogen-bond donors (Lipinski definition) is 2. The number of carbonyl (C=O) groups is 2. The van der Waals surface area contributed by atoms with E-state index in [4.69, 9.17) is 4.74 Å². The molecule has 25 heavy (non-hydrogen) atoms. The average Bonchev–Trinajstić information content (AvgIpc) is 2.59. The molecule has 0 bridgehead atoms. The molecule has 5 heteroatoms. The summed E-state index contributed by atoms with van der Waals surface area (Å²) in [5.41, 5.74) is 0.393. The van der Waals surface area contributed by atoms with Gasteiger partial charge in [-0.3, -0.25) is 9.59 Å². The second-order valence-electron chi connectivity index (χ2n) is 7.78. The summed E-state index contributed by atoms with van der Waals surface area (Å²) in [5, 5.41) is 13.8. The first kappa shape index (κ1) is 17.9. The second-order valence-corrected chi connectivity index (χ2v) is 7.78. The monoisotopic (exact) mass is 345 g/mol. The van der Waals surface area contributed by atoms with Crippen LogP contribution in [-0.4, -0.2) is 28.5 Å². The quantitative estimate of drug-likeness (QED) is 0.825. The minimum absolute atomic E-state index is 0.00588. The number of amides is 1. The van der Waals surface area contributed by atoms with E-state index in [0.29, 0.717) is 16.9 Å². The molecule has 3 rings (SSSR count). The molecule has 1 heterocycles. The fraction of sp³-hybridized carbons (Fsp3) is 0.600. The van der Waals surface area contributed by atoms with Gasteiger partial charge in [0.25, 0.3) is 0 Å². The van der Waals surface area contributed by atoms with Crippen molar-refractivity contribution in [3.05, 3.63) is 29.3 Å². The van der Waals surface area contributed by atoms with Gasteiger partial charge in [0.05, 0.1) is 6.04 Å². The van der Waals surface area contributed by atoms with Crippen molar-refractivity contribution in [1.82, 2.24) is 5.32 Å². The van der Waals surface area contributed by atoms with Crippen LogP contribution in [0.4, 0.5) is 0 Å². The standard InChI is InChI=1S/C20H27NO4/c1-12(22)14-9-10-16-15(11-14)17(18(23)20(2,3)25-16)21-19(24)13-7-5-4-6-8-13/h9-11,13,17-18,23H,4-8H2,1-3H3,(H,21,24)/t17-,18+/m0/s1. The van der Waals surface area contributed by atoms with E-state index in [2.05, 4.69) is 5.32 Å². The molecule has 1 amide bonds. The highest BCUT2D eigenvalue weighted by atomic mass is 16.5. The van der Waals surface area contributed by atoms with Crippen LogP contribution in [0.15, 0.2) is 18.2 Å². The van der Waals surface area contributed by atoms with Crippen LogP contribution < -0.4 is 10.1 Å². The Morgan fingerprint density at radius 3 is 2.52 bits per heavy atom. The molecule has 2 atom stereocenters. The molecule has 1 aromatic carbocycles. The summed E-state index contributed by atoms with van der Waals surface area (Å²) in [7, 11) is 0. The maximum absolute atomic E-state index is 12.7. The van der Waals surface area contributed by atoms with Crippen molar-refractivity contribution in [2.24, 2.45) is 5.92 Å².